The SMILES string of the molecule is COC(=O)C(C/C=C(\CCC(C)(C)[Si](C)(C)O)c1ccc(F)cc1)C(=O)O. The Balaban J connectivity index is 3.12. The van der Waals surface area contributed by atoms with Gasteiger partial charge in [0.05, 0.1) is 7.11 Å². The predicted octanol–water partition coefficient (Wildman–Crippen LogP) is 4.23. The van der Waals surface area contributed by atoms with Gasteiger partial charge >= 0.3 is 11.9 Å². The monoisotopic (exact) mass is 396 g/mol. The van der Waals surface area contributed by atoms with Crippen molar-refractivity contribution >= 4 is 25.8 Å². The van der Waals surface area contributed by atoms with Crippen molar-refractivity contribution in [3.8, 4) is 0 Å². The number of benzene rings is 1. The number of aliphatic carboxylic acids is 1. The molecule has 1 rings (SSSR count). The zero-order chi connectivity index (χ0) is 20.8. The van der Waals surface area contributed by atoms with Gasteiger partial charge in [-0.15, -0.1) is 0 Å². The molecular weight excluding hydrogens is 367 g/mol. The van der Waals surface area contributed by atoms with Crippen molar-refractivity contribution in [2.24, 2.45) is 5.92 Å². The Bertz CT molecular complexity index is 689. The maximum atomic E-state index is 13.3. The molecule has 1 aromatic rings. The van der Waals surface area contributed by atoms with Gasteiger partial charge in [-0.05, 0) is 60.7 Å². The van der Waals surface area contributed by atoms with Gasteiger partial charge in [-0.2, -0.15) is 0 Å². The van der Waals surface area contributed by atoms with E-state index in [4.69, 9.17) is 0 Å². The van der Waals surface area contributed by atoms with E-state index in [1.54, 1.807) is 18.2 Å². The summed E-state index contributed by atoms with van der Waals surface area (Å²) in [5, 5.41) is 8.99. The smallest absolute Gasteiger partial charge is 0.320 e. The molecule has 1 unspecified atom stereocenters. The van der Waals surface area contributed by atoms with Crippen LogP contribution in [0.5, 0.6) is 0 Å². The number of ether oxygens (including phenoxy) is 1. The number of carbonyl (C=O) groups is 2. The molecule has 7 heteroatoms. The van der Waals surface area contributed by atoms with E-state index in [9.17, 15) is 23.9 Å². The predicted molar refractivity (Wildman–Crippen MR) is 105 cm³/mol. The molecule has 1 aromatic carbocycles. The van der Waals surface area contributed by atoms with Crippen LogP contribution in [-0.2, 0) is 14.3 Å². The van der Waals surface area contributed by atoms with E-state index in [-0.39, 0.29) is 17.3 Å². The molecule has 2 N–H and O–H groups in total. The van der Waals surface area contributed by atoms with Gasteiger partial charge in [0.15, 0.2) is 14.2 Å². The van der Waals surface area contributed by atoms with Gasteiger partial charge in [0.1, 0.15) is 5.82 Å². The molecule has 0 bridgehead atoms. The number of halogens is 1. The van der Waals surface area contributed by atoms with Crippen LogP contribution in [0.3, 0.4) is 0 Å². The zero-order valence-corrected chi connectivity index (χ0v) is 17.6. The Labute approximate surface area is 161 Å². The molecule has 0 fully saturated rings. The fraction of sp³-hybridized carbons (Fsp3) is 0.500. The lowest BCUT2D eigenvalue weighted by Crippen LogP contribution is -2.38. The molecule has 0 aliphatic rings. The van der Waals surface area contributed by atoms with Crippen LogP contribution in [0.1, 0.15) is 38.7 Å². The highest BCUT2D eigenvalue weighted by Crippen LogP contribution is 2.42. The summed E-state index contributed by atoms with van der Waals surface area (Å²) >= 11 is 0. The van der Waals surface area contributed by atoms with Gasteiger partial charge in [-0.25, -0.2) is 4.39 Å². The molecule has 0 aliphatic heterocycles. The number of methoxy groups -OCH3 is 1. The van der Waals surface area contributed by atoms with Crippen LogP contribution in [0.25, 0.3) is 5.57 Å². The Kier molecular flexibility index (Phi) is 7.92. The number of rotatable bonds is 9. The van der Waals surface area contributed by atoms with E-state index < -0.39 is 26.2 Å². The minimum atomic E-state index is -2.40. The quantitative estimate of drug-likeness (QED) is 0.371. The molecule has 1 atom stereocenters. The van der Waals surface area contributed by atoms with Crippen LogP contribution >= 0.6 is 0 Å². The maximum Gasteiger partial charge on any atom is 0.320 e. The molecule has 0 saturated carbocycles. The van der Waals surface area contributed by atoms with E-state index in [2.05, 4.69) is 4.74 Å². The van der Waals surface area contributed by atoms with Gasteiger partial charge in [-0.3, -0.25) is 9.59 Å². The summed E-state index contributed by atoms with van der Waals surface area (Å²) in [6.07, 6.45) is 2.94. The standard InChI is InChI=1S/C20H29FO5Si/c1-20(2,27(4,5)25)13-12-15(14-6-9-16(21)10-7-14)8-11-17(18(22)23)19(24)26-3/h6-10,17,25H,11-13H2,1-5H3,(H,22,23)/b15-8+. The Morgan fingerprint density at radius 2 is 1.81 bits per heavy atom. The van der Waals surface area contributed by atoms with Crippen LogP contribution < -0.4 is 0 Å². The van der Waals surface area contributed by atoms with Crippen molar-refractivity contribution in [2.75, 3.05) is 7.11 Å². The molecule has 150 valence electrons. The third-order valence-corrected chi connectivity index (χ3v) is 8.84. The van der Waals surface area contributed by atoms with E-state index in [0.29, 0.717) is 12.8 Å². The van der Waals surface area contributed by atoms with Gasteiger partial charge < -0.3 is 14.6 Å². The van der Waals surface area contributed by atoms with Crippen LogP contribution in [0.2, 0.25) is 18.1 Å². The maximum absolute atomic E-state index is 13.3. The van der Waals surface area contributed by atoms with Gasteiger partial charge in [0.2, 0.25) is 0 Å². The number of hydrogen-bond acceptors (Lipinski definition) is 4. The molecule has 0 aliphatic carbocycles. The highest BCUT2D eigenvalue weighted by atomic mass is 28.4. The average molecular weight is 397 g/mol. The Morgan fingerprint density at radius 1 is 1.26 bits per heavy atom. The second-order valence-corrected chi connectivity index (χ2v) is 12.3. The summed E-state index contributed by atoms with van der Waals surface area (Å²) in [5.41, 5.74) is 1.58. The third kappa shape index (κ3) is 6.59. The van der Waals surface area contributed by atoms with Gasteiger partial charge in [-0.1, -0.05) is 32.1 Å². The third-order valence-electron chi connectivity index (χ3n) is 5.27. The van der Waals surface area contributed by atoms with E-state index in [0.717, 1.165) is 18.2 Å². The Morgan fingerprint density at radius 3 is 2.26 bits per heavy atom. The molecule has 0 spiro atoms. The molecule has 0 amide bonds. The Hall–Kier alpha value is -1.99. The first-order valence-electron chi connectivity index (χ1n) is 8.87. The normalized spacial score (nSPS) is 14.0. The largest absolute Gasteiger partial charge is 0.481 e. The highest BCUT2D eigenvalue weighted by molar-refractivity contribution is 6.72. The van der Waals surface area contributed by atoms with Crippen LogP contribution in [0.4, 0.5) is 4.39 Å². The number of allylic oxidation sites excluding steroid dienone is 2. The van der Waals surface area contributed by atoms with Crippen molar-refractivity contribution in [1.29, 1.82) is 0 Å². The lowest BCUT2D eigenvalue weighted by atomic mass is 9.93. The molecule has 27 heavy (non-hydrogen) atoms. The first kappa shape index (κ1) is 23.0. The summed E-state index contributed by atoms with van der Waals surface area (Å²) in [6.45, 7) is 7.78. The van der Waals surface area contributed by atoms with E-state index in [1.165, 1.54) is 12.1 Å². The zero-order valence-electron chi connectivity index (χ0n) is 16.6. The summed E-state index contributed by atoms with van der Waals surface area (Å²) in [6, 6.07) is 5.94. The van der Waals surface area contributed by atoms with E-state index >= 15 is 0 Å². The first-order valence-corrected chi connectivity index (χ1v) is 11.8. The number of carboxylic acids is 1. The van der Waals surface area contributed by atoms with Gasteiger partial charge in [0.25, 0.3) is 0 Å². The van der Waals surface area contributed by atoms with E-state index in [1.807, 2.05) is 26.9 Å². The second kappa shape index (κ2) is 9.28. The molecule has 0 saturated heterocycles. The van der Waals surface area contributed by atoms with Crippen LogP contribution in [0, 0.1) is 11.7 Å². The topological polar surface area (TPSA) is 83.8 Å². The summed E-state index contributed by atoms with van der Waals surface area (Å²) < 4.78 is 17.8. The van der Waals surface area contributed by atoms with Crippen LogP contribution in [-0.4, -0.2) is 37.3 Å². The molecule has 0 heterocycles. The number of hydrogen-bond donors (Lipinski definition) is 2. The fourth-order valence-corrected chi connectivity index (χ4v) is 3.22. The highest BCUT2D eigenvalue weighted by Gasteiger charge is 2.37. The molecular formula is C20H29FO5Si. The number of esters is 1. The van der Waals surface area contributed by atoms with Crippen molar-refractivity contribution in [2.45, 2.75) is 51.2 Å². The van der Waals surface area contributed by atoms with Crippen LogP contribution in [0.15, 0.2) is 30.3 Å². The lowest BCUT2D eigenvalue weighted by molar-refractivity contribution is -0.156. The summed E-state index contributed by atoms with van der Waals surface area (Å²) in [4.78, 5) is 33.5. The summed E-state index contributed by atoms with van der Waals surface area (Å²) in [5.74, 6) is -3.70. The minimum Gasteiger partial charge on any atom is -0.481 e. The lowest BCUT2D eigenvalue weighted by Gasteiger charge is -2.35. The first-order chi connectivity index (χ1) is 12.4. The van der Waals surface area contributed by atoms with Crippen molar-refractivity contribution in [3.05, 3.63) is 41.7 Å². The molecule has 0 radical (unpaired) electrons. The minimum absolute atomic E-state index is 0.0188. The van der Waals surface area contributed by atoms with Crippen molar-refractivity contribution < 1.29 is 28.6 Å². The second-order valence-electron chi connectivity index (χ2n) is 7.83. The summed E-state index contributed by atoms with van der Waals surface area (Å²) in [7, 11) is -1.25. The number of carbonyl (C=O) groups excluding carboxylic acids is 1. The molecule has 5 nitrogen and oxygen atoms in total. The van der Waals surface area contributed by atoms with Gasteiger partial charge in [0, 0.05) is 0 Å². The average Bonchev–Trinajstić information content (AvgIpc) is 2.57. The van der Waals surface area contributed by atoms with Crippen molar-refractivity contribution in [3.63, 3.8) is 0 Å². The van der Waals surface area contributed by atoms with Crippen molar-refractivity contribution in [1.82, 2.24) is 0 Å². The molecule has 0 aromatic heterocycles. The number of carboxylic acid groups (broad SMARTS) is 1. The fourth-order valence-electron chi connectivity index (χ4n) is 2.48.